The molecule has 5 rings (SSSR count). The quantitative estimate of drug-likeness (QED) is 0.376. The van der Waals surface area contributed by atoms with Gasteiger partial charge in [0.15, 0.2) is 0 Å². The lowest BCUT2D eigenvalue weighted by molar-refractivity contribution is 0.273. The second-order valence-corrected chi connectivity index (χ2v) is 9.17. The molecule has 0 aliphatic carbocycles. The Bertz CT molecular complexity index is 1250. The fourth-order valence-corrected chi connectivity index (χ4v) is 4.80. The number of aromatic nitrogens is 2. The molecule has 2 heterocycles. The van der Waals surface area contributed by atoms with Gasteiger partial charge in [0, 0.05) is 24.1 Å². The van der Waals surface area contributed by atoms with Crippen molar-refractivity contribution in [3.8, 4) is 0 Å². The molecule has 0 bridgehead atoms. The van der Waals surface area contributed by atoms with E-state index in [1.54, 1.807) is 0 Å². The molecule has 1 aliphatic heterocycles. The summed E-state index contributed by atoms with van der Waals surface area (Å²) in [5.41, 5.74) is 5.16. The maximum absolute atomic E-state index is 13.8. The van der Waals surface area contributed by atoms with E-state index in [9.17, 15) is 4.79 Å². The van der Waals surface area contributed by atoms with Gasteiger partial charge in [-0.25, -0.2) is 4.98 Å². The number of nitrogens with zero attached hydrogens (tertiary/aromatic N) is 3. The lowest BCUT2D eigenvalue weighted by Crippen LogP contribution is -2.32. The second-order valence-electron chi connectivity index (χ2n) is 8.25. The number of aryl methyl sites for hydroxylation is 1. The molecule has 0 fully saturated rings. The Morgan fingerprint density at radius 2 is 1.47 bits per heavy atom. The fraction of sp³-hybridized carbons (Fsp3) is 0.185. The van der Waals surface area contributed by atoms with Gasteiger partial charge in [0.2, 0.25) is 0 Å². The highest BCUT2D eigenvalue weighted by Crippen LogP contribution is 2.28. The lowest BCUT2D eigenvalue weighted by atomic mass is 9.98. The largest absolute Gasteiger partial charge is 0.289 e. The van der Waals surface area contributed by atoms with Gasteiger partial charge in [-0.1, -0.05) is 88.7 Å². The molecule has 0 N–H and O–H groups in total. The van der Waals surface area contributed by atoms with Crippen molar-refractivity contribution in [3.63, 3.8) is 0 Å². The molecule has 1 aromatic heterocycles. The third kappa shape index (κ3) is 4.06. The number of benzene rings is 3. The van der Waals surface area contributed by atoms with Crippen LogP contribution in [0.1, 0.15) is 39.8 Å². The molecule has 160 valence electrons. The maximum atomic E-state index is 13.8. The molecule has 1 aliphatic rings. The molecular weight excluding hydrogens is 462 g/mol. The zero-order chi connectivity index (χ0) is 22.1. The number of hydrogen-bond donors (Lipinski definition) is 0. The van der Waals surface area contributed by atoms with Gasteiger partial charge in [0.25, 0.3) is 5.56 Å². The van der Waals surface area contributed by atoms with E-state index >= 15 is 0 Å². The molecule has 0 amide bonds. The predicted molar refractivity (Wildman–Crippen MR) is 130 cm³/mol. The highest BCUT2D eigenvalue weighted by molar-refractivity contribution is 9.10. The minimum absolute atomic E-state index is 0.0588. The van der Waals surface area contributed by atoms with Crippen LogP contribution in [-0.2, 0) is 19.6 Å². The van der Waals surface area contributed by atoms with Gasteiger partial charge in [0.1, 0.15) is 5.82 Å². The van der Waals surface area contributed by atoms with E-state index in [0.29, 0.717) is 13.1 Å². The number of rotatable bonds is 5. The number of halogens is 1. The fourth-order valence-electron chi connectivity index (χ4n) is 4.54. The average Bonchev–Trinajstić information content (AvgIpc) is 3.22. The summed E-state index contributed by atoms with van der Waals surface area (Å²) in [5.74, 6) is 0.747. The van der Waals surface area contributed by atoms with Crippen LogP contribution in [0.4, 0.5) is 0 Å². The van der Waals surface area contributed by atoms with E-state index in [1.165, 1.54) is 5.56 Å². The SMILES string of the molecule is Cc1nc2c(c(=O)n1C(c1ccccc1)c1ccccc1)CN(Cc1ccc(Br)cc1)C2. The first kappa shape index (κ1) is 20.9. The van der Waals surface area contributed by atoms with Crippen molar-refractivity contribution in [1.82, 2.24) is 14.5 Å². The third-order valence-corrected chi connectivity index (χ3v) is 6.56. The van der Waals surface area contributed by atoms with Crippen molar-refractivity contribution in [1.29, 1.82) is 0 Å². The summed E-state index contributed by atoms with van der Waals surface area (Å²) in [7, 11) is 0. The Kier molecular flexibility index (Phi) is 5.77. The smallest absolute Gasteiger partial charge is 0.259 e. The van der Waals surface area contributed by atoms with Crippen LogP contribution in [0.5, 0.6) is 0 Å². The van der Waals surface area contributed by atoms with E-state index in [1.807, 2.05) is 47.9 Å². The van der Waals surface area contributed by atoms with Crippen molar-refractivity contribution in [2.75, 3.05) is 0 Å². The predicted octanol–water partition coefficient (Wildman–Crippen LogP) is 5.47. The topological polar surface area (TPSA) is 38.1 Å². The maximum Gasteiger partial charge on any atom is 0.259 e. The van der Waals surface area contributed by atoms with E-state index in [4.69, 9.17) is 4.98 Å². The van der Waals surface area contributed by atoms with Gasteiger partial charge < -0.3 is 0 Å². The van der Waals surface area contributed by atoms with Crippen LogP contribution < -0.4 is 5.56 Å². The molecule has 4 nitrogen and oxygen atoms in total. The van der Waals surface area contributed by atoms with Crippen LogP contribution in [0, 0.1) is 6.92 Å². The first-order chi connectivity index (χ1) is 15.6. The van der Waals surface area contributed by atoms with E-state index in [0.717, 1.165) is 39.2 Å². The molecule has 0 saturated heterocycles. The van der Waals surface area contributed by atoms with Gasteiger partial charge >= 0.3 is 0 Å². The monoisotopic (exact) mass is 485 g/mol. The van der Waals surface area contributed by atoms with Gasteiger partial charge in [-0.15, -0.1) is 0 Å². The average molecular weight is 486 g/mol. The van der Waals surface area contributed by atoms with Gasteiger partial charge in [0.05, 0.1) is 17.3 Å². The van der Waals surface area contributed by atoms with Gasteiger partial charge in [-0.3, -0.25) is 14.3 Å². The van der Waals surface area contributed by atoms with Crippen LogP contribution in [0.3, 0.4) is 0 Å². The number of hydrogen-bond acceptors (Lipinski definition) is 3. The van der Waals surface area contributed by atoms with Crippen LogP contribution in [0.2, 0.25) is 0 Å². The molecule has 0 radical (unpaired) electrons. The van der Waals surface area contributed by atoms with Crippen LogP contribution >= 0.6 is 15.9 Å². The van der Waals surface area contributed by atoms with Gasteiger partial charge in [-0.05, 0) is 35.7 Å². The first-order valence-electron chi connectivity index (χ1n) is 10.8. The summed E-state index contributed by atoms with van der Waals surface area (Å²) in [6.45, 7) is 4.05. The summed E-state index contributed by atoms with van der Waals surface area (Å²) in [6.07, 6.45) is 0. The molecule has 0 atom stereocenters. The van der Waals surface area contributed by atoms with Crippen LogP contribution in [0.25, 0.3) is 0 Å². The minimum Gasteiger partial charge on any atom is -0.289 e. The highest BCUT2D eigenvalue weighted by Gasteiger charge is 2.28. The molecule has 0 unspecified atom stereocenters. The standard InChI is InChI=1S/C27H24BrN3O/c1-19-29-25-18-30(16-20-12-14-23(28)15-13-20)17-24(25)27(32)31(19)26(21-8-4-2-5-9-21)22-10-6-3-7-11-22/h2-15,26H,16-18H2,1H3. The van der Waals surface area contributed by atoms with Crippen molar-refractivity contribution in [2.24, 2.45) is 0 Å². The van der Waals surface area contributed by atoms with Crippen molar-refractivity contribution in [3.05, 3.63) is 134 Å². The van der Waals surface area contributed by atoms with Crippen molar-refractivity contribution >= 4 is 15.9 Å². The number of fused-ring (bicyclic) bond motifs is 1. The molecule has 0 spiro atoms. The molecule has 0 saturated carbocycles. The Morgan fingerprint density at radius 1 is 0.875 bits per heavy atom. The van der Waals surface area contributed by atoms with E-state index in [-0.39, 0.29) is 11.6 Å². The summed E-state index contributed by atoms with van der Waals surface area (Å²) < 4.78 is 2.94. The highest BCUT2D eigenvalue weighted by atomic mass is 79.9. The summed E-state index contributed by atoms with van der Waals surface area (Å²) in [6, 6.07) is 28.5. The Balaban J connectivity index is 1.54. The Hall–Kier alpha value is -3.02. The first-order valence-corrected chi connectivity index (χ1v) is 11.6. The van der Waals surface area contributed by atoms with Crippen LogP contribution in [0.15, 0.2) is 94.2 Å². The molecule has 4 aromatic rings. The zero-order valence-electron chi connectivity index (χ0n) is 17.9. The summed E-state index contributed by atoms with van der Waals surface area (Å²) in [5, 5.41) is 0. The normalized spacial score (nSPS) is 13.5. The van der Waals surface area contributed by atoms with Crippen molar-refractivity contribution in [2.45, 2.75) is 32.6 Å². The van der Waals surface area contributed by atoms with E-state index < -0.39 is 0 Å². The Morgan fingerprint density at radius 3 is 2.06 bits per heavy atom. The Labute approximate surface area is 196 Å². The molecule has 32 heavy (non-hydrogen) atoms. The lowest BCUT2D eigenvalue weighted by Gasteiger charge is -2.23. The van der Waals surface area contributed by atoms with E-state index in [2.05, 4.69) is 69.4 Å². The third-order valence-electron chi connectivity index (χ3n) is 6.03. The molecule has 3 aromatic carbocycles. The van der Waals surface area contributed by atoms with Gasteiger partial charge in [-0.2, -0.15) is 0 Å². The minimum atomic E-state index is -0.205. The van der Waals surface area contributed by atoms with Crippen molar-refractivity contribution < 1.29 is 0 Å². The summed E-state index contributed by atoms with van der Waals surface area (Å²) in [4.78, 5) is 21.0. The summed E-state index contributed by atoms with van der Waals surface area (Å²) >= 11 is 3.49. The van der Waals surface area contributed by atoms with Crippen LogP contribution in [-0.4, -0.2) is 14.5 Å². The molecule has 5 heteroatoms. The second kappa shape index (κ2) is 8.85. The zero-order valence-corrected chi connectivity index (χ0v) is 19.5. The molecular formula is C27H24BrN3O.